The van der Waals surface area contributed by atoms with Crippen LogP contribution in [-0.2, 0) is 0 Å². The van der Waals surface area contributed by atoms with Crippen molar-refractivity contribution in [3.63, 3.8) is 0 Å². The standard InChI is InChI=1S/C14H16N2O2/c1-4-7-16-9-15-13-6-5-11(18-10(2)3)8-12(13)14(16)17/h4-10H,1-3H3/b7-4+. The summed E-state index contributed by atoms with van der Waals surface area (Å²) in [6.45, 7) is 5.76. The summed E-state index contributed by atoms with van der Waals surface area (Å²) in [5.41, 5.74) is 0.587. The molecule has 0 bridgehead atoms. The van der Waals surface area contributed by atoms with Gasteiger partial charge in [0.2, 0.25) is 0 Å². The van der Waals surface area contributed by atoms with Crippen molar-refractivity contribution in [3.8, 4) is 5.75 Å². The highest BCUT2D eigenvalue weighted by Crippen LogP contribution is 2.17. The van der Waals surface area contributed by atoms with Crippen LogP contribution in [0.15, 0.2) is 35.4 Å². The van der Waals surface area contributed by atoms with Crippen molar-refractivity contribution in [1.29, 1.82) is 0 Å². The normalized spacial score (nSPS) is 11.6. The lowest BCUT2D eigenvalue weighted by atomic mass is 10.2. The largest absolute Gasteiger partial charge is 0.491 e. The molecular weight excluding hydrogens is 228 g/mol. The Morgan fingerprint density at radius 3 is 2.83 bits per heavy atom. The van der Waals surface area contributed by atoms with Gasteiger partial charge in [0.05, 0.1) is 17.0 Å². The highest BCUT2D eigenvalue weighted by Gasteiger charge is 2.05. The number of benzene rings is 1. The summed E-state index contributed by atoms with van der Waals surface area (Å²) in [4.78, 5) is 16.4. The van der Waals surface area contributed by atoms with Gasteiger partial charge in [0.1, 0.15) is 12.1 Å². The maximum absolute atomic E-state index is 12.2. The number of fused-ring (bicyclic) bond motifs is 1. The topological polar surface area (TPSA) is 44.1 Å². The van der Waals surface area contributed by atoms with Gasteiger partial charge in [0.25, 0.3) is 5.56 Å². The van der Waals surface area contributed by atoms with E-state index in [1.807, 2.05) is 26.8 Å². The van der Waals surface area contributed by atoms with Gasteiger partial charge in [-0.25, -0.2) is 4.98 Å². The SMILES string of the molecule is C/C=C/n1cnc2ccc(OC(C)C)cc2c1=O. The first-order chi connectivity index (χ1) is 8.61. The number of hydrogen-bond acceptors (Lipinski definition) is 3. The average Bonchev–Trinajstić information content (AvgIpc) is 2.33. The Hall–Kier alpha value is -2.10. The lowest BCUT2D eigenvalue weighted by Gasteiger charge is -2.10. The fraction of sp³-hybridized carbons (Fsp3) is 0.286. The van der Waals surface area contributed by atoms with Crippen molar-refractivity contribution in [1.82, 2.24) is 9.55 Å². The van der Waals surface area contributed by atoms with Gasteiger partial charge in [0, 0.05) is 6.20 Å². The number of aromatic nitrogens is 2. The molecule has 0 amide bonds. The zero-order valence-electron chi connectivity index (χ0n) is 10.8. The first-order valence-electron chi connectivity index (χ1n) is 5.92. The third-order valence-electron chi connectivity index (χ3n) is 2.44. The molecule has 0 aliphatic carbocycles. The number of ether oxygens (including phenoxy) is 1. The molecule has 4 nitrogen and oxygen atoms in total. The van der Waals surface area contributed by atoms with Gasteiger partial charge in [0.15, 0.2) is 0 Å². The smallest absolute Gasteiger partial charge is 0.265 e. The van der Waals surface area contributed by atoms with E-state index in [4.69, 9.17) is 4.74 Å². The predicted molar refractivity (Wildman–Crippen MR) is 72.8 cm³/mol. The molecule has 0 spiro atoms. The van der Waals surface area contributed by atoms with E-state index in [0.29, 0.717) is 16.7 Å². The summed E-state index contributed by atoms with van der Waals surface area (Å²) >= 11 is 0. The molecule has 0 saturated carbocycles. The van der Waals surface area contributed by atoms with Crippen LogP contribution in [0.4, 0.5) is 0 Å². The Balaban J connectivity index is 2.59. The first kappa shape index (κ1) is 12.4. The highest BCUT2D eigenvalue weighted by atomic mass is 16.5. The second-order valence-corrected chi connectivity index (χ2v) is 4.28. The molecule has 1 aromatic heterocycles. The van der Waals surface area contributed by atoms with E-state index in [-0.39, 0.29) is 11.7 Å². The third kappa shape index (κ3) is 2.42. The Kier molecular flexibility index (Phi) is 3.46. The van der Waals surface area contributed by atoms with Crippen molar-refractivity contribution in [2.75, 3.05) is 0 Å². The van der Waals surface area contributed by atoms with Crippen LogP contribution in [0.5, 0.6) is 5.75 Å². The molecule has 0 unspecified atom stereocenters. The fourth-order valence-electron chi connectivity index (χ4n) is 1.73. The molecule has 1 heterocycles. The molecule has 2 aromatic rings. The summed E-state index contributed by atoms with van der Waals surface area (Å²) in [7, 11) is 0. The number of hydrogen-bond donors (Lipinski definition) is 0. The second kappa shape index (κ2) is 5.04. The van der Waals surface area contributed by atoms with Crippen molar-refractivity contribution >= 4 is 17.1 Å². The molecule has 2 rings (SSSR count). The molecular formula is C14H16N2O2. The quantitative estimate of drug-likeness (QED) is 0.833. The summed E-state index contributed by atoms with van der Waals surface area (Å²) in [6.07, 6.45) is 5.08. The van der Waals surface area contributed by atoms with E-state index >= 15 is 0 Å². The molecule has 0 aliphatic rings. The molecule has 0 aliphatic heterocycles. The summed E-state index contributed by atoms with van der Waals surface area (Å²) in [6, 6.07) is 5.37. The fourth-order valence-corrected chi connectivity index (χ4v) is 1.73. The van der Waals surface area contributed by atoms with Crippen LogP contribution in [0.2, 0.25) is 0 Å². The van der Waals surface area contributed by atoms with E-state index in [0.717, 1.165) is 0 Å². The number of allylic oxidation sites excluding steroid dienone is 1. The van der Waals surface area contributed by atoms with Gasteiger partial charge in [-0.2, -0.15) is 0 Å². The Labute approximate surface area is 106 Å². The molecule has 0 atom stereocenters. The van der Waals surface area contributed by atoms with E-state index in [1.165, 1.54) is 10.9 Å². The summed E-state index contributed by atoms with van der Waals surface area (Å²) in [5, 5.41) is 0.564. The van der Waals surface area contributed by atoms with E-state index in [9.17, 15) is 4.79 Å². The van der Waals surface area contributed by atoms with Gasteiger partial charge < -0.3 is 4.74 Å². The minimum Gasteiger partial charge on any atom is -0.491 e. The maximum Gasteiger partial charge on any atom is 0.265 e. The molecule has 0 saturated heterocycles. The Morgan fingerprint density at radius 1 is 1.39 bits per heavy atom. The minimum atomic E-state index is -0.0905. The molecule has 18 heavy (non-hydrogen) atoms. The average molecular weight is 244 g/mol. The maximum atomic E-state index is 12.2. The lowest BCUT2D eigenvalue weighted by molar-refractivity contribution is 0.242. The zero-order chi connectivity index (χ0) is 13.1. The van der Waals surface area contributed by atoms with E-state index in [1.54, 1.807) is 24.4 Å². The Morgan fingerprint density at radius 2 is 2.17 bits per heavy atom. The molecule has 1 aromatic carbocycles. The molecule has 0 radical (unpaired) electrons. The monoisotopic (exact) mass is 244 g/mol. The van der Waals surface area contributed by atoms with Gasteiger partial charge in [-0.1, -0.05) is 6.08 Å². The van der Waals surface area contributed by atoms with Crippen LogP contribution in [0, 0.1) is 0 Å². The van der Waals surface area contributed by atoms with Crippen LogP contribution >= 0.6 is 0 Å². The van der Waals surface area contributed by atoms with Crippen molar-refractivity contribution in [3.05, 3.63) is 41.0 Å². The highest BCUT2D eigenvalue weighted by molar-refractivity contribution is 5.79. The van der Waals surface area contributed by atoms with Crippen LogP contribution in [0.1, 0.15) is 20.8 Å². The van der Waals surface area contributed by atoms with Gasteiger partial charge in [-0.15, -0.1) is 0 Å². The third-order valence-corrected chi connectivity index (χ3v) is 2.44. The van der Waals surface area contributed by atoms with Gasteiger partial charge in [-0.05, 0) is 39.0 Å². The first-order valence-corrected chi connectivity index (χ1v) is 5.92. The zero-order valence-corrected chi connectivity index (χ0v) is 10.8. The minimum absolute atomic E-state index is 0.0804. The number of rotatable bonds is 3. The van der Waals surface area contributed by atoms with Crippen molar-refractivity contribution in [2.45, 2.75) is 26.9 Å². The molecule has 0 N–H and O–H groups in total. The van der Waals surface area contributed by atoms with E-state index in [2.05, 4.69) is 4.98 Å². The van der Waals surface area contributed by atoms with Crippen LogP contribution < -0.4 is 10.3 Å². The Bertz CT molecular complexity index is 642. The summed E-state index contributed by atoms with van der Waals surface area (Å²) in [5.74, 6) is 0.689. The lowest BCUT2D eigenvalue weighted by Crippen LogP contribution is -2.16. The van der Waals surface area contributed by atoms with Crippen molar-refractivity contribution in [2.24, 2.45) is 0 Å². The molecule has 0 fully saturated rings. The molecule has 94 valence electrons. The van der Waals surface area contributed by atoms with Crippen LogP contribution in [-0.4, -0.2) is 15.7 Å². The second-order valence-electron chi connectivity index (χ2n) is 4.28. The van der Waals surface area contributed by atoms with Crippen LogP contribution in [0.3, 0.4) is 0 Å². The van der Waals surface area contributed by atoms with Crippen molar-refractivity contribution < 1.29 is 4.74 Å². The van der Waals surface area contributed by atoms with Gasteiger partial charge in [-0.3, -0.25) is 9.36 Å². The van der Waals surface area contributed by atoms with E-state index < -0.39 is 0 Å². The molecule has 4 heteroatoms. The number of nitrogens with zero attached hydrogens (tertiary/aromatic N) is 2. The summed E-state index contributed by atoms with van der Waals surface area (Å²) < 4.78 is 7.04. The van der Waals surface area contributed by atoms with Crippen LogP contribution in [0.25, 0.3) is 17.1 Å². The predicted octanol–water partition coefficient (Wildman–Crippen LogP) is 2.67. The van der Waals surface area contributed by atoms with Gasteiger partial charge >= 0.3 is 0 Å².